The second-order valence-corrected chi connectivity index (χ2v) is 5.72. The Balaban J connectivity index is 1.85. The van der Waals surface area contributed by atoms with Gasteiger partial charge in [-0.2, -0.15) is 0 Å². The van der Waals surface area contributed by atoms with Gasteiger partial charge in [0.05, 0.1) is 15.6 Å². The zero-order chi connectivity index (χ0) is 16.8. The van der Waals surface area contributed by atoms with Crippen molar-refractivity contribution in [1.82, 2.24) is 0 Å². The first-order valence-corrected chi connectivity index (χ1v) is 7.63. The first kappa shape index (κ1) is 17.0. The summed E-state index contributed by atoms with van der Waals surface area (Å²) in [4.78, 5) is 22.0. The highest BCUT2D eigenvalue weighted by Gasteiger charge is 2.11. The molecular formula is C17H17ClN2O3. The van der Waals surface area contributed by atoms with Crippen molar-refractivity contribution in [2.45, 2.75) is 26.2 Å². The van der Waals surface area contributed by atoms with Gasteiger partial charge in [0, 0.05) is 18.6 Å². The molecule has 0 bridgehead atoms. The quantitative estimate of drug-likeness (QED) is 0.624. The number of nitro benzene ring substituents is 1. The van der Waals surface area contributed by atoms with Gasteiger partial charge in [0.1, 0.15) is 0 Å². The lowest BCUT2D eigenvalue weighted by Crippen LogP contribution is -2.12. The van der Waals surface area contributed by atoms with Crippen molar-refractivity contribution in [2.75, 3.05) is 5.32 Å². The van der Waals surface area contributed by atoms with Crippen LogP contribution in [0.2, 0.25) is 5.02 Å². The summed E-state index contributed by atoms with van der Waals surface area (Å²) in [6.07, 6.45) is 1.91. The van der Waals surface area contributed by atoms with Crippen molar-refractivity contribution >= 4 is 28.9 Å². The Morgan fingerprint density at radius 1 is 1.22 bits per heavy atom. The molecule has 0 saturated carbocycles. The van der Waals surface area contributed by atoms with E-state index in [2.05, 4.69) is 17.4 Å². The van der Waals surface area contributed by atoms with Gasteiger partial charge in [-0.05, 0) is 31.4 Å². The Kier molecular flexibility index (Phi) is 5.71. The average Bonchev–Trinajstić information content (AvgIpc) is 2.51. The van der Waals surface area contributed by atoms with Crippen molar-refractivity contribution in [3.8, 4) is 0 Å². The zero-order valence-corrected chi connectivity index (χ0v) is 13.5. The Morgan fingerprint density at radius 2 is 1.91 bits per heavy atom. The van der Waals surface area contributed by atoms with Crippen molar-refractivity contribution in [3.63, 3.8) is 0 Å². The van der Waals surface area contributed by atoms with Crippen LogP contribution in [0.1, 0.15) is 24.0 Å². The largest absolute Gasteiger partial charge is 0.325 e. The summed E-state index contributed by atoms with van der Waals surface area (Å²) in [7, 11) is 0. The molecule has 1 N–H and O–H groups in total. The third kappa shape index (κ3) is 5.07. The SMILES string of the molecule is Cc1ccc(CCCC(=O)Nc2ccc([N+](=O)[O-])cc2Cl)cc1. The molecule has 1 amide bonds. The van der Waals surface area contributed by atoms with Gasteiger partial charge in [-0.3, -0.25) is 14.9 Å². The third-order valence-electron chi connectivity index (χ3n) is 3.43. The van der Waals surface area contributed by atoms with Gasteiger partial charge >= 0.3 is 0 Å². The fraction of sp³-hybridized carbons (Fsp3) is 0.235. The van der Waals surface area contributed by atoms with Crippen molar-refractivity contribution in [2.24, 2.45) is 0 Å². The van der Waals surface area contributed by atoms with Crippen LogP contribution in [0, 0.1) is 17.0 Å². The van der Waals surface area contributed by atoms with Crippen LogP contribution in [0.4, 0.5) is 11.4 Å². The summed E-state index contributed by atoms with van der Waals surface area (Å²) in [6, 6.07) is 12.2. The normalized spacial score (nSPS) is 10.3. The summed E-state index contributed by atoms with van der Waals surface area (Å²) < 4.78 is 0. The number of hydrogen-bond acceptors (Lipinski definition) is 3. The first-order chi connectivity index (χ1) is 11.0. The smallest absolute Gasteiger partial charge is 0.271 e. The molecule has 23 heavy (non-hydrogen) atoms. The van der Waals surface area contributed by atoms with Gasteiger partial charge < -0.3 is 5.32 Å². The van der Waals surface area contributed by atoms with E-state index in [0.717, 1.165) is 12.8 Å². The number of hydrogen-bond donors (Lipinski definition) is 1. The predicted molar refractivity (Wildman–Crippen MR) is 90.9 cm³/mol. The maximum Gasteiger partial charge on any atom is 0.271 e. The van der Waals surface area contributed by atoms with Gasteiger partial charge in [0.15, 0.2) is 0 Å². The molecule has 0 atom stereocenters. The minimum absolute atomic E-state index is 0.104. The number of anilines is 1. The second-order valence-electron chi connectivity index (χ2n) is 5.31. The van der Waals surface area contributed by atoms with E-state index in [1.54, 1.807) is 0 Å². The number of carbonyl (C=O) groups is 1. The number of nitro groups is 1. The van der Waals surface area contributed by atoms with Crippen LogP contribution in [0.3, 0.4) is 0 Å². The third-order valence-corrected chi connectivity index (χ3v) is 3.74. The van der Waals surface area contributed by atoms with E-state index in [0.29, 0.717) is 12.1 Å². The van der Waals surface area contributed by atoms with Crippen LogP contribution in [-0.2, 0) is 11.2 Å². The van der Waals surface area contributed by atoms with Crippen LogP contribution in [-0.4, -0.2) is 10.8 Å². The molecule has 0 aliphatic heterocycles. The van der Waals surface area contributed by atoms with E-state index in [1.165, 1.54) is 29.3 Å². The summed E-state index contributed by atoms with van der Waals surface area (Å²) in [6.45, 7) is 2.03. The van der Waals surface area contributed by atoms with Crippen molar-refractivity contribution in [1.29, 1.82) is 0 Å². The van der Waals surface area contributed by atoms with Gasteiger partial charge in [0.25, 0.3) is 5.69 Å². The maximum absolute atomic E-state index is 11.9. The van der Waals surface area contributed by atoms with E-state index in [4.69, 9.17) is 11.6 Å². The molecule has 0 fully saturated rings. The minimum Gasteiger partial charge on any atom is -0.325 e. The Morgan fingerprint density at radius 3 is 2.52 bits per heavy atom. The fourth-order valence-electron chi connectivity index (χ4n) is 2.14. The van der Waals surface area contributed by atoms with Gasteiger partial charge in [0.2, 0.25) is 5.91 Å². The molecule has 0 aliphatic carbocycles. The standard InChI is InChI=1S/C17H17ClN2O3/c1-12-5-7-13(8-6-12)3-2-4-17(21)19-16-10-9-14(20(22)23)11-15(16)18/h5-11H,2-4H2,1H3,(H,19,21). The van der Waals surface area contributed by atoms with E-state index in [1.807, 2.05) is 19.1 Å². The summed E-state index contributed by atoms with van der Waals surface area (Å²) in [5.74, 6) is -0.159. The zero-order valence-electron chi connectivity index (χ0n) is 12.7. The maximum atomic E-state index is 11.9. The predicted octanol–water partition coefficient (Wildman–Crippen LogP) is 4.52. The Labute approximate surface area is 139 Å². The number of nitrogens with one attached hydrogen (secondary N) is 1. The Hall–Kier alpha value is -2.40. The Bertz CT molecular complexity index is 714. The lowest BCUT2D eigenvalue weighted by molar-refractivity contribution is -0.384. The molecule has 2 aromatic rings. The molecule has 0 aliphatic rings. The van der Waals surface area contributed by atoms with Gasteiger partial charge in [-0.25, -0.2) is 0 Å². The fourth-order valence-corrected chi connectivity index (χ4v) is 2.36. The lowest BCUT2D eigenvalue weighted by atomic mass is 10.1. The minimum atomic E-state index is -0.529. The summed E-state index contributed by atoms with van der Waals surface area (Å²) in [5.41, 5.74) is 2.68. The molecule has 5 nitrogen and oxygen atoms in total. The highest BCUT2D eigenvalue weighted by molar-refractivity contribution is 6.33. The van der Waals surface area contributed by atoms with Crippen molar-refractivity contribution in [3.05, 3.63) is 68.7 Å². The molecule has 0 aromatic heterocycles. The van der Waals surface area contributed by atoms with Gasteiger partial charge in [-0.1, -0.05) is 41.4 Å². The average molecular weight is 333 g/mol. The van der Waals surface area contributed by atoms with Crippen LogP contribution in [0.15, 0.2) is 42.5 Å². The molecule has 120 valence electrons. The number of benzene rings is 2. The molecule has 2 rings (SSSR count). The number of non-ortho nitro benzene ring substituents is 1. The highest BCUT2D eigenvalue weighted by atomic mass is 35.5. The molecule has 0 unspecified atom stereocenters. The lowest BCUT2D eigenvalue weighted by Gasteiger charge is -2.07. The van der Waals surface area contributed by atoms with E-state index < -0.39 is 4.92 Å². The number of halogens is 1. The van der Waals surface area contributed by atoms with Crippen molar-refractivity contribution < 1.29 is 9.72 Å². The molecule has 6 heteroatoms. The molecule has 2 aromatic carbocycles. The summed E-state index contributed by atoms with van der Waals surface area (Å²) in [5, 5.41) is 13.5. The number of amides is 1. The number of aryl methyl sites for hydroxylation is 2. The van der Waals surface area contributed by atoms with Crippen LogP contribution >= 0.6 is 11.6 Å². The molecule has 0 saturated heterocycles. The highest BCUT2D eigenvalue weighted by Crippen LogP contribution is 2.26. The molecular weight excluding hydrogens is 316 g/mol. The molecule has 0 heterocycles. The van der Waals surface area contributed by atoms with Gasteiger partial charge in [-0.15, -0.1) is 0 Å². The monoisotopic (exact) mass is 332 g/mol. The van der Waals surface area contributed by atoms with Crippen LogP contribution in [0.25, 0.3) is 0 Å². The topological polar surface area (TPSA) is 72.2 Å². The van der Waals surface area contributed by atoms with E-state index >= 15 is 0 Å². The van der Waals surface area contributed by atoms with E-state index in [-0.39, 0.29) is 16.6 Å². The number of rotatable bonds is 6. The first-order valence-electron chi connectivity index (χ1n) is 7.25. The second kappa shape index (κ2) is 7.74. The molecule has 0 radical (unpaired) electrons. The molecule has 0 spiro atoms. The van der Waals surface area contributed by atoms with E-state index in [9.17, 15) is 14.9 Å². The van der Waals surface area contributed by atoms with Crippen LogP contribution in [0.5, 0.6) is 0 Å². The number of carbonyl (C=O) groups excluding carboxylic acids is 1. The van der Waals surface area contributed by atoms with Crippen LogP contribution < -0.4 is 5.32 Å². The number of nitrogens with zero attached hydrogens (tertiary/aromatic N) is 1. The summed E-state index contributed by atoms with van der Waals surface area (Å²) >= 11 is 5.94.